The number of nitrogens with zero attached hydrogens (tertiary/aromatic N) is 1. The molecule has 0 aliphatic carbocycles. The van der Waals surface area contributed by atoms with Crippen molar-refractivity contribution in [3.8, 4) is 11.1 Å². The summed E-state index contributed by atoms with van der Waals surface area (Å²) in [5.74, 6) is -1.67. The van der Waals surface area contributed by atoms with E-state index in [9.17, 15) is 19.1 Å². The summed E-state index contributed by atoms with van der Waals surface area (Å²) in [6, 6.07) is 12.3. The molecule has 0 fully saturated rings. The number of rotatable bonds is 4. The van der Waals surface area contributed by atoms with Gasteiger partial charge in [-0.25, -0.2) is 4.39 Å². The Balaban J connectivity index is 2.11. The first kappa shape index (κ1) is 16.5. The lowest BCUT2D eigenvalue weighted by molar-refractivity contribution is -0.137. The molecule has 0 radical (unpaired) electrons. The van der Waals surface area contributed by atoms with Crippen molar-refractivity contribution in [3.63, 3.8) is 0 Å². The SMILES string of the molecule is CC(=O)c1cc(F)cc2c1c(-c1ccccc1)c1n2CCC1CC(=O)O. The van der Waals surface area contributed by atoms with Gasteiger partial charge < -0.3 is 9.67 Å². The van der Waals surface area contributed by atoms with Crippen LogP contribution in [0.1, 0.15) is 41.7 Å². The van der Waals surface area contributed by atoms with Gasteiger partial charge in [-0.15, -0.1) is 0 Å². The lowest BCUT2D eigenvalue weighted by Crippen LogP contribution is -2.04. The summed E-state index contributed by atoms with van der Waals surface area (Å²) >= 11 is 0. The number of Topliss-reactive ketones (excluding diaryl/α,β-unsaturated/α-hetero) is 1. The van der Waals surface area contributed by atoms with E-state index in [1.807, 2.05) is 34.9 Å². The van der Waals surface area contributed by atoms with Gasteiger partial charge in [0.25, 0.3) is 0 Å². The number of benzene rings is 2. The zero-order valence-electron chi connectivity index (χ0n) is 14.3. The maximum absolute atomic E-state index is 14.2. The van der Waals surface area contributed by atoms with Gasteiger partial charge in [-0.3, -0.25) is 9.59 Å². The first-order valence-electron chi connectivity index (χ1n) is 8.61. The van der Waals surface area contributed by atoms with Crippen LogP contribution in [0.5, 0.6) is 0 Å². The van der Waals surface area contributed by atoms with Crippen LogP contribution in [0.2, 0.25) is 0 Å². The summed E-state index contributed by atoms with van der Waals surface area (Å²) in [6.45, 7) is 2.05. The van der Waals surface area contributed by atoms with Gasteiger partial charge in [-0.05, 0) is 31.0 Å². The van der Waals surface area contributed by atoms with Crippen LogP contribution in [0, 0.1) is 5.82 Å². The number of carbonyl (C=O) groups excluding carboxylic acids is 1. The van der Waals surface area contributed by atoms with Crippen LogP contribution >= 0.6 is 0 Å². The standard InChI is InChI=1S/C21H18FNO3/c1-12(24)16-10-15(22)11-17-20(16)19(13-5-3-2-4-6-13)21-14(9-18(25)26)7-8-23(17)21/h2-6,10-11,14H,7-9H2,1H3,(H,25,26). The molecule has 1 aromatic heterocycles. The van der Waals surface area contributed by atoms with E-state index in [0.29, 0.717) is 24.0 Å². The number of aliphatic carboxylic acids is 1. The molecule has 0 bridgehead atoms. The Morgan fingerprint density at radius 2 is 1.96 bits per heavy atom. The van der Waals surface area contributed by atoms with Crippen molar-refractivity contribution in [1.82, 2.24) is 4.57 Å². The summed E-state index contributed by atoms with van der Waals surface area (Å²) in [5, 5.41) is 10.0. The van der Waals surface area contributed by atoms with Crippen molar-refractivity contribution in [1.29, 1.82) is 0 Å². The van der Waals surface area contributed by atoms with Crippen molar-refractivity contribution in [3.05, 3.63) is 59.5 Å². The minimum absolute atomic E-state index is 0.0219. The van der Waals surface area contributed by atoms with Gasteiger partial charge in [0.2, 0.25) is 0 Å². The summed E-state index contributed by atoms with van der Waals surface area (Å²) < 4.78 is 16.2. The molecular formula is C21H18FNO3. The number of carbonyl (C=O) groups is 2. The molecule has 0 spiro atoms. The molecule has 1 N–H and O–H groups in total. The average molecular weight is 351 g/mol. The maximum atomic E-state index is 14.2. The monoisotopic (exact) mass is 351 g/mol. The zero-order chi connectivity index (χ0) is 18.4. The number of ketones is 1. The third kappa shape index (κ3) is 2.51. The van der Waals surface area contributed by atoms with E-state index in [0.717, 1.165) is 22.2 Å². The molecule has 5 heteroatoms. The summed E-state index contributed by atoms with van der Waals surface area (Å²) in [7, 11) is 0. The Hall–Kier alpha value is -2.95. The Morgan fingerprint density at radius 3 is 2.62 bits per heavy atom. The Labute approximate surface area is 149 Å². The lowest BCUT2D eigenvalue weighted by Gasteiger charge is -2.11. The van der Waals surface area contributed by atoms with E-state index >= 15 is 0 Å². The van der Waals surface area contributed by atoms with Crippen LogP contribution in [0.15, 0.2) is 42.5 Å². The van der Waals surface area contributed by atoms with Crippen LogP contribution in [0.4, 0.5) is 4.39 Å². The molecule has 2 aromatic carbocycles. The van der Waals surface area contributed by atoms with Crippen LogP contribution in [0.3, 0.4) is 0 Å². The number of halogens is 1. The summed E-state index contributed by atoms with van der Waals surface area (Å²) in [4.78, 5) is 23.5. The smallest absolute Gasteiger partial charge is 0.304 e. The molecule has 1 aliphatic heterocycles. The molecule has 0 amide bonds. The van der Waals surface area contributed by atoms with Gasteiger partial charge in [-0.2, -0.15) is 0 Å². The highest BCUT2D eigenvalue weighted by atomic mass is 19.1. The van der Waals surface area contributed by atoms with Crippen LogP contribution < -0.4 is 0 Å². The second-order valence-electron chi connectivity index (χ2n) is 6.77. The van der Waals surface area contributed by atoms with E-state index in [4.69, 9.17) is 0 Å². The van der Waals surface area contributed by atoms with Gasteiger partial charge in [0, 0.05) is 34.7 Å². The molecule has 132 valence electrons. The first-order valence-corrected chi connectivity index (χ1v) is 8.61. The fraction of sp³-hybridized carbons (Fsp3) is 0.238. The van der Waals surface area contributed by atoms with Gasteiger partial charge in [-0.1, -0.05) is 30.3 Å². The van der Waals surface area contributed by atoms with Crippen molar-refractivity contribution in [2.75, 3.05) is 0 Å². The lowest BCUT2D eigenvalue weighted by atomic mass is 9.90. The molecule has 0 saturated carbocycles. The Bertz CT molecular complexity index is 1040. The summed E-state index contributed by atoms with van der Waals surface area (Å²) in [5.41, 5.74) is 3.67. The van der Waals surface area contributed by atoms with Crippen LogP contribution in [0.25, 0.3) is 22.0 Å². The second-order valence-corrected chi connectivity index (χ2v) is 6.77. The predicted octanol–water partition coefficient (Wildman–Crippen LogP) is 4.61. The molecular weight excluding hydrogens is 333 g/mol. The zero-order valence-corrected chi connectivity index (χ0v) is 14.3. The molecule has 1 aliphatic rings. The molecule has 1 atom stereocenters. The van der Waals surface area contributed by atoms with E-state index in [1.165, 1.54) is 19.1 Å². The fourth-order valence-corrected chi connectivity index (χ4v) is 4.13. The number of hydrogen-bond acceptors (Lipinski definition) is 2. The number of aryl methyl sites for hydroxylation is 1. The molecule has 2 heterocycles. The topological polar surface area (TPSA) is 59.3 Å². The van der Waals surface area contributed by atoms with E-state index in [-0.39, 0.29) is 18.1 Å². The van der Waals surface area contributed by atoms with E-state index < -0.39 is 11.8 Å². The molecule has 26 heavy (non-hydrogen) atoms. The van der Waals surface area contributed by atoms with Crippen LogP contribution in [-0.2, 0) is 11.3 Å². The third-order valence-electron chi connectivity index (χ3n) is 5.12. The Kier molecular flexibility index (Phi) is 3.87. The third-order valence-corrected chi connectivity index (χ3v) is 5.12. The number of fused-ring (bicyclic) bond motifs is 3. The average Bonchev–Trinajstić information content (AvgIpc) is 3.13. The maximum Gasteiger partial charge on any atom is 0.304 e. The number of hydrogen-bond donors (Lipinski definition) is 1. The predicted molar refractivity (Wildman–Crippen MR) is 96.9 cm³/mol. The number of aromatic nitrogens is 1. The van der Waals surface area contributed by atoms with E-state index in [2.05, 4.69) is 0 Å². The second kappa shape index (κ2) is 6.09. The number of carboxylic acid groups (broad SMARTS) is 1. The highest BCUT2D eigenvalue weighted by molar-refractivity contribution is 6.13. The minimum Gasteiger partial charge on any atom is -0.481 e. The largest absolute Gasteiger partial charge is 0.481 e. The normalized spacial score (nSPS) is 16.0. The molecule has 3 aromatic rings. The molecule has 4 rings (SSSR count). The Morgan fingerprint density at radius 1 is 1.23 bits per heavy atom. The highest BCUT2D eigenvalue weighted by Crippen LogP contribution is 2.46. The fourth-order valence-electron chi connectivity index (χ4n) is 4.13. The van der Waals surface area contributed by atoms with Crippen molar-refractivity contribution in [2.45, 2.75) is 32.2 Å². The number of carboxylic acids is 1. The van der Waals surface area contributed by atoms with Gasteiger partial charge in [0.15, 0.2) is 5.78 Å². The van der Waals surface area contributed by atoms with Gasteiger partial charge >= 0.3 is 5.97 Å². The molecule has 0 saturated heterocycles. The van der Waals surface area contributed by atoms with Crippen molar-refractivity contribution >= 4 is 22.7 Å². The highest BCUT2D eigenvalue weighted by Gasteiger charge is 2.33. The first-order chi connectivity index (χ1) is 12.5. The minimum atomic E-state index is -0.856. The van der Waals surface area contributed by atoms with Crippen molar-refractivity contribution < 1.29 is 19.1 Å². The molecule has 4 nitrogen and oxygen atoms in total. The summed E-state index contributed by atoms with van der Waals surface area (Å²) in [6.07, 6.45) is 0.720. The van der Waals surface area contributed by atoms with Gasteiger partial charge in [0.05, 0.1) is 11.9 Å². The van der Waals surface area contributed by atoms with E-state index in [1.54, 1.807) is 0 Å². The molecule has 1 unspecified atom stereocenters. The van der Waals surface area contributed by atoms with Crippen molar-refractivity contribution in [2.24, 2.45) is 0 Å². The van der Waals surface area contributed by atoms with Crippen LogP contribution in [-0.4, -0.2) is 21.4 Å². The quantitative estimate of drug-likeness (QED) is 0.698. The van der Waals surface area contributed by atoms with Gasteiger partial charge in [0.1, 0.15) is 5.82 Å².